The minimum atomic E-state index is 0.622. The molecule has 10 aromatic rings. The first-order valence-electron chi connectivity index (χ1n) is 16.8. The summed E-state index contributed by atoms with van der Waals surface area (Å²) in [7, 11) is 0. The monoisotopic (exact) mass is 636 g/mol. The minimum Gasteiger partial charge on any atom is -0.263 e. The highest BCUT2D eigenvalue weighted by atomic mass is 15.0. The zero-order valence-electron chi connectivity index (χ0n) is 27.0. The summed E-state index contributed by atoms with van der Waals surface area (Å²) >= 11 is 0. The van der Waals surface area contributed by atoms with Gasteiger partial charge in [0.05, 0.1) is 0 Å². The second-order valence-corrected chi connectivity index (χ2v) is 12.7. The highest BCUT2D eigenvalue weighted by Gasteiger charge is 2.16. The molecule has 10 rings (SSSR count). The largest absolute Gasteiger partial charge is 0.263 e. The Morgan fingerprint density at radius 1 is 0.300 bits per heavy atom. The van der Waals surface area contributed by atoms with Crippen LogP contribution in [0.3, 0.4) is 0 Å². The number of fused-ring (bicyclic) bond motifs is 7. The van der Waals surface area contributed by atoms with Gasteiger partial charge >= 0.3 is 0 Å². The molecule has 0 unspecified atom stereocenters. The van der Waals surface area contributed by atoms with Crippen molar-refractivity contribution in [3.63, 3.8) is 0 Å². The van der Waals surface area contributed by atoms with Gasteiger partial charge in [0, 0.05) is 45.4 Å². The summed E-state index contributed by atoms with van der Waals surface area (Å²) in [6.07, 6.45) is 3.94. The topological polar surface area (TPSA) is 51.6 Å². The van der Waals surface area contributed by atoms with E-state index in [2.05, 4.69) is 158 Å². The highest BCUT2D eigenvalue weighted by molar-refractivity contribution is 6.23. The molecule has 0 fully saturated rings. The first kappa shape index (κ1) is 28.3. The summed E-state index contributed by atoms with van der Waals surface area (Å²) in [6.45, 7) is 0. The molecular weight excluding hydrogens is 609 g/mol. The van der Waals surface area contributed by atoms with Crippen LogP contribution in [0.25, 0.3) is 99.2 Å². The van der Waals surface area contributed by atoms with E-state index in [4.69, 9.17) is 19.9 Å². The Balaban J connectivity index is 1.18. The third kappa shape index (κ3) is 4.77. The molecular formula is C46H28N4. The maximum Gasteiger partial charge on any atom is 0.164 e. The fourth-order valence-corrected chi connectivity index (χ4v) is 7.23. The molecule has 0 spiro atoms. The van der Waals surface area contributed by atoms with Gasteiger partial charge in [-0.25, -0.2) is 15.0 Å². The second kappa shape index (κ2) is 11.4. The van der Waals surface area contributed by atoms with E-state index in [0.29, 0.717) is 17.5 Å². The number of hydrogen-bond acceptors (Lipinski definition) is 4. The zero-order valence-corrected chi connectivity index (χ0v) is 27.0. The van der Waals surface area contributed by atoms with Gasteiger partial charge in [-0.2, -0.15) is 0 Å². The van der Waals surface area contributed by atoms with Crippen LogP contribution in [0.2, 0.25) is 0 Å². The molecule has 0 radical (unpaired) electrons. The van der Waals surface area contributed by atoms with Crippen molar-refractivity contribution in [3.8, 4) is 45.3 Å². The Labute approximate surface area is 288 Å². The first-order chi connectivity index (χ1) is 24.7. The van der Waals surface area contributed by atoms with Crippen molar-refractivity contribution in [2.24, 2.45) is 0 Å². The van der Waals surface area contributed by atoms with E-state index >= 15 is 0 Å². The van der Waals surface area contributed by atoms with Crippen molar-refractivity contribution in [1.29, 1.82) is 0 Å². The smallest absolute Gasteiger partial charge is 0.164 e. The molecule has 2 heterocycles. The Bertz CT molecular complexity index is 2840. The van der Waals surface area contributed by atoms with Crippen LogP contribution < -0.4 is 0 Å². The fraction of sp³-hybridized carbons (Fsp3) is 0. The van der Waals surface area contributed by atoms with E-state index in [0.717, 1.165) is 44.0 Å². The minimum absolute atomic E-state index is 0.622. The Morgan fingerprint density at radius 3 is 1.46 bits per heavy atom. The van der Waals surface area contributed by atoms with Gasteiger partial charge in [0.25, 0.3) is 0 Å². The van der Waals surface area contributed by atoms with Crippen LogP contribution in [0.4, 0.5) is 0 Å². The highest BCUT2D eigenvalue weighted by Crippen LogP contribution is 2.38. The fourth-order valence-electron chi connectivity index (χ4n) is 7.23. The van der Waals surface area contributed by atoms with Crippen molar-refractivity contribution >= 4 is 53.9 Å². The number of benzene rings is 8. The summed E-state index contributed by atoms with van der Waals surface area (Å²) < 4.78 is 0. The SMILES string of the molecule is c1cc(-c2nc(-c3ccc4ccccc4c3)nc(-c3ccc4ccccc4c3)n2)cc(-c2cncc3ccc4ccc5ccccc5c4c23)c1. The average molecular weight is 637 g/mol. The summed E-state index contributed by atoms with van der Waals surface area (Å²) in [5.41, 5.74) is 4.94. The molecule has 4 heteroatoms. The number of hydrogen-bond donors (Lipinski definition) is 0. The van der Waals surface area contributed by atoms with E-state index in [1.54, 1.807) is 0 Å². The lowest BCUT2D eigenvalue weighted by molar-refractivity contribution is 1.08. The Kier molecular flexibility index (Phi) is 6.46. The number of nitrogens with zero attached hydrogens (tertiary/aromatic N) is 4. The summed E-state index contributed by atoms with van der Waals surface area (Å²) in [4.78, 5) is 20.0. The van der Waals surface area contributed by atoms with Crippen LogP contribution in [0, 0.1) is 0 Å². The van der Waals surface area contributed by atoms with Crippen LogP contribution in [0.15, 0.2) is 170 Å². The van der Waals surface area contributed by atoms with E-state index in [1.165, 1.54) is 37.7 Å². The van der Waals surface area contributed by atoms with Gasteiger partial charge in [-0.05, 0) is 66.9 Å². The third-order valence-electron chi connectivity index (χ3n) is 9.71. The van der Waals surface area contributed by atoms with Gasteiger partial charge in [0.15, 0.2) is 17.5 Å². The quantitative estimate of drug-likeness (QED) is 0.180. The van der Waals surface area contributed by atoms with Crippen molar-refractivity contribution in [3.05, 3.63) is 170 Å². The van der Waals surface area contributed by atoms with Gasteiger partial charge in [0.2, 0.25) is 0 Å². The van der Waals surface area contributed by atoms with E-state index in [1.807, 2.05) is 12.4 Å². The molecule has 0 aliphatic heterocycles. The van der Waals surface area contributed by atoms with Crippen LogP contribution in [-0.2, 0) is 0 Å². The lowest BCUT2D eigenvalue weighted by Crippen LogP contribution is -2.00. The maximum absolute atomic E-state index is 5.12. The third-order valence-corrected chi connectivity index (χ3v) is 9.71. The molecule has 8 aromatic carbocycles. The Morgan fingerprint density at radius 2 is 0.800 bits per heavy atom. The van der Waals surface area contributed by atoms with Gasteiger partial charge in [-0.3, -0.25) is 4.98 Å². The van der Waals surface area contributed by atoms with Gasteiger partial charge in [0.1, 0.15) is 0 Å². The molecule has 4 nitrogen and oxygen atoms in total. The molecule has 0 amide bonds. The lowest BCUT2D eigenvalue weighted by atomic mass is 9.92. The Hall–Kier alpha value is -6.78. The summed E-state index contributed by atoms with van der Waals surface area (Å²) in [5, 5.41) is 11.8. The van der Waals surface area contributed by atoms with Gasteiger partial charge in [-0.15, -0.1) is 0 Å². The van der Waals surface area contributed by atoms with Crippen molar-refractivity contribution in [1.82, 2.24) is 19.9 Å². The lowest BCUT2D eigenvalue weighted by Gasteiger charge is -2.13. The average Bonchev–Trinajstić information content (AvgIpc) is 3.19. The molecule has 232 valence electrons. The predicted molar refractivity (Wildman–Crippen MR) is 207 cm³/mol. The van der Waals surface area contributed by atoms with Gasteiger partial charge in [-0.1, -0.05) is 140 Å². The van der Waals surface area contributed by atoms with E-state index < -0.39 is 0 Å². The second-order valence-electron chi connectivity index (χ2n) is 12.7. The zero-order chi connectivity index (χ0) is 33.0. The normalized spacial score (nSPS) is 11.6. The van der Waals surface area contributed by atoms with Crippen molar-refractivity contribution < 1.29 is 0 Å². The molecule has 2 aromatic heterocycles. The standard InChI is InChI=1S/C46H28N4/c1-3-11-33-24-37(21-16-29(33)8-1)45-48-44(49-46(50-45)38-22-17-30-9-2-4-12-34(30)25-38)36-14-7-13-35(26-36)41-28-47-27-39-23-20-32-19-18-31-10-5-6-15-40(31)42(32)43(39)41/h1-28H. The molecule has 0 atom stereocenters. The van der Waals surface area contributed by atoms with Crippen LogP contribution in [0.1, 0.15) is 0 Å². The van der Waals surface area contributed by atoms with Crippen LogP contribution in [-0.4, -0.2) is 19.9 Å². The summed E-state index contributed by atoms with van der Waals surface area (Å²) in [5.74, 6) is 1.90. The molecule has 0 saturated heterocycles. The molecule has 0 bridgehead atoms. The van der Waals surface area contributed by atoms with Crippen molar-refractivity contribution in [2.75, 3.05) is 0 Å². The molecule has 0 saturated carbocycles. The molecule has 50 heavy (non-hydrogen) atoms. The van der Waals surface area contributed by atoms with Gasteiger partial charge < -0.3 is 0 Å². The summed E-state index contributed by atoms with van der Waals surface area (Å²) in [6, 6.07) is 55.4. The number of aromatic nitrogens is 4. The number of pyridine rings is 1. The van der Waals surface area contributed by atoms with E-state index in [9.17, 15) is 0 Å². The van der Waals surface area contributed by atoms with Crippen LogP contribution >= 0.6 is 0 Å². The molecule has 0 N–H and O–H groups in total. The predicted octanol–water partition coefficient (Wildman–Crippen LogP) is 11.7. The first-order valence-corrected chi connectivity index (χ1v) is 16.8. The van der Waals surface area contributed by atoms with Crippen LogP contribution in [0.5, 0.6) is 0 Å². The molecule has 0 aliphatic rings. The maximum atomic E-state index is 5.12. The van der Waals surface area contributed by atoms with E-state index in [-0.39, 0.29) is 0 Å². The molecule has 0 aliphatic carbocycles. The van der Waals surface area contributed by atoms with Crippen molar-refractivity contribution in [2.45, 2.75) is 0 Å². The number of rotatable bonds is 4.